The van der Waals surface area contributed by atoms with Crippen molar-refractivity contribution in [3.8, 4) is 11.5 Å². The molecule has 1 heterocycles. The molecule has 8 nitrogen and oxygen atoms in total. The van der Waals surface area contributed by atoms with E-state index in [-0.39, 0.29) is 0 Å². The van der Waals surface area contributed by atoms with Gasteiger partial charge in [-0.3, -0.25) is 4.99 Å². The molecule has 1 aromatic heterocycles. The minimum Gasteiger partial charge on any atom is -0.493 e. The maximum atomic E-state index is 5.63. The number of methoxy groups -OCH3 is 1. The number of guanidine groups is 1. The molecule has 3 rings (SSSR count). The van der Waals surface area contributed by atoms with Crippen molar-refractivity contribution < 1.29 is 9.47 Å². The van der Waals surface area contributed by atoms with Crippen molar-refractivity contribution in [3.05, 3.63) is 66.2 Å². The predicted molar refractivity (Wildman–Crippen MR) is 114 cm³/mol. The highest BCUT2D eigenvalue weighted by Gasteiger charge is 2.07. The number of nitrogens with zero attached hydrogens (tertiary/aromatic N) is 4. The van der Waals surface area contributed by atoms with Crippen LogP contribution in [0.4, 0.5) is 5.69 Å². The van der Waals surface area contributed by atoms with Gasteiger partial charge in [-0.1, -0.05) is 24.3 Å². The molecular weight excluding hydrogens is 368 g/mol. The Morgan fingerprint density at radius 2 is 2.00 bits per heavy atom. The Balaban J connectivity index is 1.61. The quantitative estimate of drug-likeness (QED) is 0.451. The fraction of sp³-hybridized carbons (Fsp3) is 0.286. The molecule has 0 fully saturated rings. The van der Waals surface area contributed by atoms with Gasteiger partial charge < -0.3 is 20.1 Å². The van der Waals surface area contributed by atoms with Gasteiger partial charge in [-0.15, -0.1) is 0 Å². The van der Waals surface area contributed by atoms with Gasteiger partial charge in [-0.25, -0.2) is 9.67 Å². The minimum atomic E-state index is 0.567. The average molecular weight is 394 g/mol. The lowest BCUT2D eigenvalue weighted by Gasteiger charge is -2.15. The SMILES string of the molecule is CCOc1cc(NC(=NC)NCc2cccc(Cn3cncn3)c2)ccc1OC. The zero-order chi connectivity index (χ0) is 20.5. The van der Waals surface area contributed by atoms with Crippen LogP contribution in [0.3, 0.4) is 0 Å². The van der Waals surface area contributed by atoms with Crippen LogP contribution in [-0.2, 0) is 13.1 Å². The van der Waals surface area contributed by atoms with Crippen LogP contribution in [0, 0.1) is 0 Å². The van der Waals surface area contributed by atoms with E-state index < -0.39 is 0 Å². The Bertz CT molecular complexity index is 940. The number of benzene rings is 2. The minimum absolute atomic E-state index is 0.567. The molecular formula is C21H26N6O2. The van der Waals surface area contributed by atoms with E-state index in [0.29, 0.717) is 37.2 Å². The van der Waals surface area contributed by atoms with Crippen LogP contribution in [0.15, 0.2) is 60.1 Å². The summed E-state index contributed by atoms with van der Waals surface area (Å²) in [5, 5.41) is 10.8. The van der Waals surface area contributed by atoms with Crippen molar-refractivity contribution in [1.29, 1.82) is 0 Å². The fourth-order valence-corrected chi connectivity index (χ4v) is 2.86. The zero-order valence-corrected chi connectivity index (χ0v) is 16.9. The third-order valence-corrected chi connectivity index (χ3v) is 4.21. The largest absolute Gasteiger partial charge is 0.493 e. The number of aromatic nitrogens is 3. The van der Waals surface area contributed by atoms with E-state index in [4.69, 9.17) is 9.47 Å². The van der Waals surface area contributed by atoms with Gasteiger partial charge in [0.1, 0.15) is 12.7 Å². The first-order chi connectivity index (χ1) is 14.2. The summed E-state index contributed by atoms with van der Waals surface area (Å²) in [5.41, 5.74) is 3.17. The van der Waals surface area contributed by atoms with Crippen molar-refractivity contribution in [1.82, 2.24) is 20.1 Å². The van der Waals surface area contributed by atoms with Crippen molar-refractivity contribution in [2.24, 2.45) is 4.99 Å². The summed E-state index contributed by atoms with van der Waals surface area (Å²) in [6, 6.07) is 14.0. The molecule has 0 aliphatic carbocycles. The van der Waals surface area contributed by atoms with Crippen LogP contribution in [0.2, 0.25) is 0 Å². The second kappa shape index (κ2) is 10.1. The lowest BCUT2D eigenvalue weighted by molar-refractivity contribution is 0.311. The van der Waals surface area contributed by atoms with Gasteiger partial charge in [0, 0.05) is 25.3 Å². The van der Waals surface area contributed by atoms with Crippen LogP contribution in [-0.4, -0.2) is 41.5 Å². The third kappa shape index (κ3) is 5.71. The maximum absolute atomic E-state index is 5.63. The first kappa shape index (κ1) is 20.2. The van der Waals surface area contributed by atoms with Crippen molar-refractivity contribution in [2.45, 2.75) is 20.0 Å². The second-order valence-corrected chi connectivity index (χ2v) is 6.26. The van der Waals surface area contributed by atoms with Crippen LogP contribution >= 0.6 is 0 Å². The molecule has 0 aliphatic heterocycles. The van der Waals surface area contributed by atoms with Gasteiger partial charge in [0.05, 0.1) is 20.3 Å². The van der Waals surface area contributed by atoms with Gasteiger partial charge in [0.15, 0.2) is 17.5 Å². The monoisotopic (exact) mass is 394 g/mol. The summed E-state index contributed by atoms with van der Waals surface area (Å²) < 4.78 is 12.8. The molecule has 0 radical (unpaired) electrons. The van der Waals surface area contributed by atoms with Gasteiger partial charge in [0.2, 0.25) is 0 Å². The van der Waals surface area contributed by atoms with Crippen molar-refractivity contribution in [3.63, 3.8) is 0 Å². The standard InChI is InChI=1S/C21H26N6O2/c1-4-29-20-11-18(8-9-19(20)28-3)26-21(22-2)24-12-16-6-5-7-17(10-16)13-27-15-23-14-25-27/h5-11,14-15H,4,12-13H2,1-3H3,(H2,22,24,26). The molecule has 0 amide bonds. The highest BCUT2D eigenvalue weighted by Crippen LogP contribution is 2.30. The summed E-state index contributed by atoms with van der Waals surface area (Å²) in [5.74, 6) is 2.06. The number of ether oxygens (including phenoxy) is 2. The van der Waals surface area contributed by atoms with E-state index in [1.165, 1.54) is 6.33 Å². The number of nitrogens with one attached hydrogen (secondary N) is 2. The Hall–Kier alpha value is -3.55. The van der Waals surface area contributed by atoms with Crippen molar-refractivity contribution in [2.75, 3.05) is 26.1 Å². The summed E-state index contributed by atoms with van der Waals surface area (Å²) in [7, 11) is 3.37. The van der Waals surface area contributed by atoms with E-state index in [1.54, 1.807) is 25.2 Å². The van der Waals surface area contributed by atoms with E-state index in [0.717, 1.165) is 16.8 Å². The number of hydrogen-bond acceptors (Lipinski definition) is 5. The first-order valence-electron chi connectivity index (χ1n) is 9.40. The Kier molecular flexibility index (Phi) is 7.05. The summed E-state index contributed by atoms with van der Waals surface area (Å²) in [6.45, 7) is 3.83. The molecule has 0 bridgehead atoms. The second-order valence-electron chi connectivity index (χ2n) is 6.26. The van der Waals surface area contributed by atoms with Gasteiger partial charge in [0.25, 0.3) is 0 Å². The number of hydrogen-bond donors (Lipinski definition) is 2. The molecule has 0 saturated heterocycles. The number of anilines is 1. The molecule has 0 saturated carbocycles. The fourth-order valence-electron chi connectivity index (χ4n) is 2.86. The topological polar surface area (TPSA) is 85.6 Å². The molecule has 152 valence electrons. The zero-order valence-electron chi connectivity index (χ0n) is 16.9. The molecule has 2 aromatic carbocycles. The van der Waals surface area contributed by atoms with E-state index in [2.05, 4.69) is 43.9 Å². The van der Waals surface area contributed by atoms with Gasteiger partial charge in [-0.2, -0.15) is 5.10 Å². The molecule has 0 aliphatic rings. The molecule has 2 N–H and O–H groups in total. The molecule has 0 spiro atoms. The van der Waals surface area contributed by atoms with Gasteiger partial charge >= 0.3 is 0 Å². The number of aliphatic imine (C=N–C) groups is 1. The van der Waals surface area contributed by atoms with E-state index >= 15 is 0 Å². The van der Waals surface area contributed by atoms with E-state index in [1.807, 2.05) is 31.2 Å². The first-order valence-corrected chi connectivity index (χ1v) is 9.40. The third-order valence-electron chi connectivity index (χ3n) is 4.21. The van der Waals surface area contributed by atoms with Crippen LogP contribution in [0.1, 0.15) is 18.1 Å². The van der Waals surface area contributed by atoms with E-state index in [9.17, 15) is 0 Å². The summed E-state index contributed by atoms with van der Waals surface area (Å²) in [6.07, 6.45) is 3.25. The molecule has 0 atom stereocenters. The van der Waals surface area contributed by atoms with Crippen LogP contribution in [0.25, 0.3) is 0 Å². The van der Waals surface area contributed by atoms with Crippen LogP contribution in [0.5, 0.6) is 11.5 Å². The Morgan fingerprint density at radius 3 is 2.72 bits per heavy atom. The Morgan fingerprint density at radius 1 is 1.14 bits per heavy atom. The molecule has 8 heteroatoms. The number of rotatable bonds is 8. The van der Waals surface area contributed by atoms with Crippen LogP contribution < -0.4 is 20.1 Å². The maximum Gasteiger partial charge on any atom is 0.195 e. The summed E-state index contributed by atoms with van der Waals surface area (Å²) >= 11 is 0. The lowest BCUT2D eigenvalue weighted by atomic mass is 10.1. The predicted octanol–water partition coefficient (Wildman–Crippen LogP) is 2.92. The lowest BCUT2D eigenvalue weighted by Crippen LogP contribution is -2.30. The van der Waals surface area contributed by atoms with Crippen molar-refractivity contribution >= 4 is 11.6 Å². The molecule has 0 unspecified atom stereocenters. The van der Waals surface area contributed by atoms with Gasteiger partial charge in [-0.05, 0) is 30.2 Å². The molecule has 29 heavy (non-hydrogen) atoms. The highest BCUT2D eigenvalue weighted by molar-refractivity contribution is 5.93. The smallest absolute Gasteiger partial charge is 0.195 e. The summed E-state index contributed by atoms with van der Waals surface area (Å²) in [4.78, 5) is 8.28. The highest BCUT2D eigenvalue weighted by atomic mass is 16.5. The molecule has 3 aromatic rings. The Labute approximate surface area is 170 Å². The average Bonchev–Trinajstić information content (AvgIpc) is 3.25. The normalized spacial score (nSPS) is 11.2.